The Kier molecular flexibility index (Phi) is 6.34. The van der Waals surface area contributed by atoms with Crippen LogP contribution in [0.15, 0.2) is 48.9 Å². The van der Waals surface area contributed by atoms with Gasteiger partial charge in [0.05, 0.1) is 12.3 Å². The summed E-state index contributed by atoms with van der Waals surface area (Å²) in [5.41, 5.74) is 1.94. The number of aliphatic hydroxyl groups excluding tert-OH is 1. The monoisotopic (exact) mass is 353 g/mol. The molecule has 1 N–H and O–H groups in total. The van der Waals surface area contributed by atoms with Crippen LogP contribution in [0.5, 0.6) is 0 Å². The van der Waals surface area contributed by atoms with Gasteiger partial charge in [0.25, 0.3) is 0 Å². The molecule has 1 aromatic carbocycles. The van der Waals surface area contributed by atoms with Crippen LogP contribution in [-0.4, -0.2) is 45.6 Å². The third kappa shape index (κ3) is 4.88. The minimum Gasteiger partial charge on any atom is -0.396 e. The molecule has 1 fully saturated rings. The standard InChI is InChI=1S/C21H27N3O2/c25-17-21(11-9-18-5-2-1-3-6-18)10-4-14-24(16-21)20(26)8-7-19-15-22-12-13-23-19/h1-3,5-6,12-13,15,25H,4,7-11,14,16-17H2. The number of likely N-dealkylation sites (tertiary alicyclic amines) is 1. The number of nitrogens with zero attached hydrogens (tertiary/aromatic N) is 3. The molecule has 1 aromatic heterocycles. The van der Waals surface area contributed by atoms with Crippen molar-refractivity contribution in [2.24, 2.45) is 5.41 Å². The number of aromatic nitrogens is 2. The summed E-state index contributed by atoms with van der Waals surface area (Å²) in [5.74, 6) is 0.146. The number of hydrogen-bond donors (Lipinski definition) is 1. The van der Waals surface area contributed by atoms with Gasteiger partial charge in [-0.05, 0) is 37.7 Å². The molecule has 0 spiro atoms. The Balaban J connectivity index is 1.56. The Labute approximate surface area is 155 Å². The third-order valence-corrected chi connectivity index (χ3v) is 5.35. The number of carbonyl (C=O) groups is 1. The second kappa shape index (κ2) is 8.90. The molecule has 3 rings (SSSR count). The maximum atomic E-state index is 12.6. The smallest absolute Gasteiger partial charge is 0.222 e. The molecule has 1 amide bonds. The lowest BCUT2D eigenvalue weighted by molar-refractivity contribution is -0.135. The van der Waals surface area contributed by atoms with Crippen LogP contribution in [0.25, 0.3) is 0 Å². The molecule has 2 heterocycles. The highest BCUT2D eigenvalue weighted by Crippen LogP contribution is 2.34. The molecule has 0 aliphatic carbocycles. The maximum absolute atomic E-state index is 12.6. The van der Waals surface area contributed by atoms with E-state index in [1.54, 1.807) is 18.6 Å². The SMILES string of the molecule is O=C(CCc1cnccn1)N1CCCC(CO)(CCc2ccccc2)C1. The molecule has 0 radical (unpaired) electrons. The molecule has 5 nitrogen and oxygen atoms in total. The lowest BCUT2D eigenvalue weighted by Crippen LogP contribution is -2.48. The van der Waals surface area contributed by atoms with Crippen molar-refractivity contribution in [1.29, 1.82) is 0 Å². The van der Waals surface area contributed by atoms with Crippen molar-refractivity contribution in [2.45, 2.75) is 38.5 Å². The van der Waals surface area contributed by atoms with E-state index < -0.39 is 0 Å². The van der Waals surface area contributed by atoms with Gasteiger partial charge in [0.1, 0.15) is 0 Å². The summed E-state index contributed by atoms with van der Waals surface area (Å²) in [4.78, 5) is 22.9. The van der Waals surface area contributed by atoms with E-state index in [-0.39, 0.29) is 17.9 Å². The summed E-state index contributed by atoms with van der Waals surface area (Å²) in [7, 11) is 0. The van der Waals surface area contributed by atoms with E-state index in [0.29, 0.717) is 19.4 Å². The zero-order valence-electron chi connectivity index (χ0n) is 15.2. The first-order valence-corrected chi connectivity index (χ1v) is 9.38. The van der Waals surface area contributed by atoms with E-state index in [1.807, 2.05) is 23.1 Å². The number of aliphatic hydroxyl groups is 1. The first-order chi connectivity index (χ1) is 12.7. The van der Waals surface area contributed by atoms with E-state index >= 15 is 0 Å². The average Bonchev–Trinajstić information content (AvgIpc) is 2.72. The quantitative estimate of drug-likeness (QED) is 0.831. The number of rotatable bonds is 7. The molecule has 0 saturated carbocycles. The fourth-order valence-corrected chi connectivity index (χ4v) is 3.74. The normalized spacial score (nSPS) is 20.1. The van der Waals surface area contributed by atoms with Gasteiger partial charge in [-0.25, -0.2) is 0 Å². The Bertz CT molecular complexity index is 693. The predicted molar refractivity (Wildman–Crippen MR) is 100 cm³/mol. The lowest BCUT2D eigenvalue weighted by atomic mass is 9.76. The van der Waals surface area contributed by atoms with E-state index in [1.165, 1.54) is 5.56 Å². The zero-order chi connectivity index (χ0) is 18.2. The molecule has 2 aromatic rings. The minimum atomic E-state index is -0.184. The van der Waals surface area contributed by atoms with Crippen LogP contribution in [0.4, 0.5) is 0 Å². The highest BCUT2D eigenvalue weighted by Gasteiger charge is 2.36. The van der Waals surface area contributed by atoms with Crippen molar-refractivity contribution in [2.75, 3.05) is 19.7 Å². The molecular weight excluding hydrogens is 326 g/mol. The van der Waals surface area contributed by atoms with E-state index in [4.69, 9.17) is 0 Å². The van der Waals surface area contributed by atoms with Crippen molar-refractivity contribution in [3.63, 3.8) is 0 Å². The molecule has 138 valence electrons. The largest absolute Gasteiger partial charge is 0.396 e. The van der Waals surface area contributed by atoms with E-state index in [2.05, 4.69) is 22.1 Å². The predicted octanol–water partition coefficient (Wildman–Crippen LogP) is 2.64. The summed E-state index contributed by atoms with van der Waals surface area (Å²) in [6.45, 7) is 1.57. The molecule has 1 aliphatic rings. The number of hydrogen-bond acceptors (Lipinski definition) is 4. The molecule has 1 atom stereocenters. The fraction of sp³-hybridized carbons (Fsp3) is 0.476. The van der Waals surface area contributed by atoms with Crippen LogP contribution in [0.1, 0.15) is 36.9 Å². The Hall–Kier alpha value is -2.27. The van der Waals surface area contributed by atoms with Crippen LogP contribution in [0.2, 0.25) is 0 Å². The van der Waals surface area contributed by atoms with E-state index in [9.17, 15) is 9.90 Å². The number of amides is 1. The average molecular weight is 353 g/mol. The molecule has 26 heavy (non-hydrogen) atoms. The van der Waals surface area contributed by atoms with E-state index in [0.717, 1.165) is 37.9 Å². The number of carbonyl (C=O) groups excluding carboxylic acids is 1. The van der Waals surface area contributed by atoms with Gasteiger partial charge in [0.2, 0.25) is 5.91 Å². The van der Waals surface area contributed by atoms with Crippen LogP contribution in [-0.2, 0) is 17.6 Å². The van der Waals surface area contributed by atoms with Gasteiger partial charge in [0, 0.05) is 43.5 Å². The highest BCUT2D eigenvalue weighted by molar-refractivity contribution is 5.76. The second-order valence-electron chi connectivity index (χ2n) is 7.26. The molecule has 1 unspecified atom stereocenters. The van der Waals surface area contributed by atoms with Gasteiger partial charge >= 0.3 is 0 Å². The molecular formula is C21H27N3O2. The number of aryl methyl sites for hydroxylation is 2. The summed E-state index contributed by atoms with van der Waals surface area (Å²) in [5, 5.41) is 10.1. The third-order valence-electron chi connectivity index (χ3n) is 5.35. The lowest BCUT2D eigenvalue weighted by Gasteiger charge is -2.42. The first kappa shape index (κ1) is 18.5. The van der Waals surface area contributed by atoms with Gasteiger partial charge in [0.15, 0.2) is 0 Å². The van der Waals surface area contributed by atoms with Crippen molar-refractivity contribution in [3.8, 4) is 0 Å². The Morgan fingerprint density at radius 2 is 2.04 bits per heavy atom. The Morgan fingerprint density at radius 3 is 2.77 bits per heavy atom. The summed E-state index contributed by atoms with van der Waals surface area (Å²) >= 11 is 0. The fourth-order valence-electron chi connectivity index (χ4n) is 3.74. The van der Waals surface area contributed by atoms with Crippen LogP contribution < -0.4 is 0 Å². The summed E-state index contributed by atoms with van der Waals surface area (Å²) in [6.07, 6.45) is 9.82. The van der Waals surface area contributed by atoms with Gasteiger partial charge in [-0.2, -0.15) is 0 Å². The molecule has 1 aliphatic heterocycles. The summed E-state index contributed by atoms with van der Waals surface area (Å²) < 4.78 is 0. The van der Waals surface area contributed by atoms with Crippen LogP contribution in [0, 0.1) is 5.41 Å². The zero-order valence-corrected chi connectivity index (χ0v) is 15.2. The second-order valence-corrected chi connectivity index (χ2v) is 7.26. The van der Waals surface area contributed by atoms with Gasteiger partial charge < -0.3 is 10.0 Å². The first-order valence-electron chi connectivity index (χ1n) is 9.38. The summed E-state index contributed by atoms with van der Waals surface area (Å²) in [6, 6.07) is 10.4. The topological polar surface area (TPSA) is 66.3 Å². The number of benzene rings is 1. The van der Waals surface area contributed by atoms with Crippen molar-refractivity contribution >= 4 is 5.91 Å². The molecule has 1 saturated heterocycles. The molecule has 5 heteroatoms. The van der Waals surface area contributed by atoms with Crippen molar-refractivity contribution in [1.82, 2.24) is 14.9 Å². The Morgan fingerprint density at radius 1 is 1.19 bits per heavy atom. The maximum Gasteiger partial charge on any atom is 0.222 e. The highest BCUT2D eigenvalue weighted by atomic mass is 16.3. The van der Waals surface area contributed by atoms with Gasteiger partial charge in [-0.15, -0.1) is 0 Å². The van der Waals surface area contributed by atoms with Crippen molar-refractivity contribution in [3.05, 3.63) is 60.2 Å². The van der Waals surface area contributed by atoms with Crippen LogP contribution in [0.3, 0.4) is 0 Å². The number of piperidine rings is 1. The van der Waals surface area contributed by atoms with Gasteiger partial charge in [-0.1, -0.05) is 30.3 Å². The molecule has 0 bridgehead atoms. The van der Waals surface area contributed by atoms with Gasteiger partial charge in [-0.3, -0.25) is 14.8 Å². The minimum absolute atomic E-state index is 0.133. The van der Waals surface area contributed by atoms with Crippen LogP contribution >= 0.6 is 0 Å². The van der Waals surface area contributed by atoms with Crippen molar-refractivity contribution < 1.29 is 9.90 Å².